The van der Waals surface area contributed by atoms with Crippen LogP contribution in [0.25, 0.3) is 0 Å². The van der Waals surface area contributed by atoms with E-state index in [1.54, 1.807) is 6.92 Å². The highest BCUT2D eigenvalue weighted by atomic mass is 32.3. The summed E-state index contributed by atoms with van der Waals surface area (Å²) in [7, 11) is -4.89. The molecule has 86 heavy (non-hydrogen) atoms. The summed E-state index contributed by atoms with van der Waals surface area (Å²) in [6, 6.07) is 0. The van der Waals surface area contributed by atoms with Crippen molar-refractivity contribution in [1.82, 2.24) is 0 Å². The van der Waals surface area contributed by atoms with E-state index in [2.05, 4.69) is 19.9 Å². The summed E-state index contributed by atoms with van der Waals surface area (Å²) in [6.45, 7) is 14.5. The van der Waals surface area contributed by atoms with Gasteiger partial charge >= 0.3 is 10.4 Å². The summed E-state index contributed by atoms with van der Waals surface area (Å²) in [5.41, 5.74) is -1.30. The fourth-order valence-electron chi connectivity index (χ4n) is 15.7. The van der Waals surface area contributed by atoms with Gasteiger partial charge < -0.3 is 114 Å². The molecule has 8 fully saturated rings. The van der Waals surface area contributed by atoms with Crippen molar-refractivity contribution >= 4 is 16.2 Å². The Kier molecular flexibility index (Phi) is 21.1. The Hall–Kier alpha value is -1.64. The molecule has 29 heteroatoms. The number of Topliss-reactive ketones (excluding diaryl/α,β-unsaturated/α-hetero) is 1. The molecule has 0 aromatic heterocycles. The number of aliphatic hydroxyl groups excluding tert-OH is 12. The monoisotopic (exact) mass is 1260 g/mol. The van der Waals surface area contributed by atoms with Crippen molar-refractivity contribution in [3.05, 3.63) is 11.6 Å². The topological polar surface area (TPSA) is 436 Å². The summed E-state index contributed by atoms with van der Waals surface area (Å²) in [6.07, 6.45) is -37.5. The third kappa shape index (κ3) is 13.3. The van der Waals surface area contributed by atoms with Gasteiger partial charge in [0, 0.05) is 12.3 Å². The quantitative estimate of drug-likeness (QED) is 0.0501. The van der Waals surface area contributed by atoms with E-state index in [1.807, 2.05) is 20.8 Å². The van der Waals surface area contributed by atoms with Gasteiger partial charge in [-0.05, 0) is 113 Å². The van der Waals surface area contributed by atoms with Crippen LogP contribution < -0.4 is 0 Å². The standard InChI is InChI=1S/C57H94O28S/c1-21(2)22(3)31(59)18-57(9,71)35-11-10-28-27-17-32(30-16-26(85-86(72,73)74)12-14-55(30,7)29(27)13-15-56(28,35)8)79-52-46(70)47(38(62)25(6)78-52)82-53-48(83-50-44(68)41(65)36(60)23(4)76-50)40(64)34(20-75-53)81-54-49(43(67)39(63)33(19-58)80-54)84-51-45(69)42(66)37(61)24(5)77-51/h13,21-28,30,32-54,58,60-71H,10-12,14-20H2,1-9H3,(H,72,73,74)/t22-,23?,24?,25?,26?,27?,28?,30-,32+,33?,34?,35?,36?,37?,38?,39?,40?,41?,42?,43?,44?,45?,46?,47?,48?,49?,50?,51?,52?,53?,54?,55?,56?,57+/m1/s1. The van der Waals surface area contributed by atoms with Gasteiger partial charge in [0.25, 0.3) is 0 Å². The second-order valence-electron chi connectivity index (χ2n) is 27.0. The van der Waals surface area contributed by atoms with Gasteiger partial charge in [0.05, 0.1) is 49.3 Å². The van der Waals surface area contributed by atoms with Gasteiger partial charge in [-0.3, -0.25) is 9.35 Å². The van der Waals surface area contributed by atoms with E-state index in [4.69, 9.17) is 51.6 Å². The molecule has 0 aromatic carbocycles. The van der Waals surface area contributed by atoms with Crippen LogP contribution in [0, 0.1) is 46.3 Å². The van der Waals surface area contributed by atoms with Gasteiger partial charge in [-0.15, -0.1) is 0 Å². The van der Waals surface area contributed by atoms with E-state index < -0.39 is 206 Å². The van der Waals surface area contributed by atoms with Crippen LogP contribution in [0.4, 0.5) is 0 Å². The predicted molar refractivity (Wildman–Crippen MR) is 290 cm³/mol. The number of aliphatic hydroxyl groups is 13. The molecule has 5 heterocycles. The minimum absolute atomic E-state index is 0.00277. The lowest BCUT2D eigenvalue weighted by Gasteiger charge is -2.60. The Morgan fingerprint density at radius 1 is 0.640 bits per heavy atom. The molecular formula is C57H94O28S. The molecule has 0 bridgehead atoms. The van der Waals surface area contributed by atoms with Gasteiger partial charge in [0.15, 0.2) is 31.5 Å². The lowest BCUT2D eigenvalue weighted by molar-refractivity contribution is -0.398. The van der Waals surface area contributed by atoms with Crippen molar-refractivity contribution in [3.63, 3.8) is 0 Å². The van der Waals surface area contributed by atoms with Gasteiger partial charge in [-0.25, -0.2) is 4.18 Å². The number of ether oxygens (including phenoxy) is 10. The Bertz CT molecular complexity index is 2460. The first kappa shape index (κ1) is 68.7. The zero-order valence-corrected chi connectivity index (χ0v) is 50.8. The van der Waals surface area contributed by atoms with Crippen LogP contribution in [0.15, 0.2) is 11.6 Å². The highest BCUT2D eigenvalue weighted by molar-refractivity contribution is 7.80. The minimum atomic E-state index is -4.89. The zero-order valence-electron chi connectivity index (χ0n) is 50.0. The number of fused-ring (bicyclic) bond motifs is 5. The maximum absolute atomic E-state index is 13.5. The number of hydrogen-bond acceptors (Lipinski definition) is 27. The molecule has 34 atom stereocenters. The normalized spacial score (nSPS) is 51.2. The molecule has 9 rings (SSSR count). The number of ketones is 1. The van der Waals surface area contributed by atoms with Crippen LogP contribution in [0.3, 0.4) is 0 Å². The SMILES string of the molecule is CC1OC(OC2C(OC3C(O)C(C)OC(O[C@H]4CC5C(=CCC6(C)C5CCC6[C@@](C)(O)CC(=O)[C@H](C)C(C)C)C5(C)CCC(OS(=O)(=O)O)C[C@H]45)C3O)OCC(OC3OC(CO)C(O)C(O)C3OC3OC(C)C(O)C(O)C3O)C2O)C(O)C(O)C1O. The largest absolute Gasteiger partial charge is 0.397 e. The number of carbonyl (C=O) groups excluding carboxylic acids is 1. The number of rotatable bonds is 18. The van der Waals surface area contributed by atoms with Gasteiger partial charge in [-0.2, -0.15) is 8.42 Å². The van der Waals surface area contributed by atoms with Gasteiger partial charge in [-0.1, -0.05) is 46.3 Å². The van der Waals surface area contributed by atoms with E-state index in [9.17, 15) is 84.1 Å². The third-order valence-corrected chi connectivity index (χ3v) is 21.7. The third-order valence-electron chi connectivity index (χ3n) is 21.1. The Morgan fingerprint density at radius 3 is 1.76 bits per heavy atom. The van der Waals surface area contributed by atoms with Crippen LogP contribution in [-0.4, -0.2) is 264 Å². The first-order valence-electron chi connectivity index (χ1n) is 30.3. The molecule has 3 saturated carbocycles. The molecule has 0 radical (unpaired) electrons. The van der Waals surface area contributed by atoms with Crippen LogP contribution in [0.2, 0.25) is 0 Å². The summed E-state index contributed by atoms with van der Waals surface area (Å²) >= 11 is 0. The van der Waals surface area contributed by atoms with Gasteiger partial charge in [0.1, 0.15) is 103 Å². The summed E-state index contributed by atoms with van der Waals surface area (Å²) in [4.78, 5) is 13.5. The fourth-order valence-corrected chi connectivity index (χ4v) is 16.2. The highest BCUT2D eigenvalue weighted by Crippen LogP contribution is 2.67. The molecule has 5 saturated heterocycles. The predicted octanol–water partition coefficient (Wildman–Crippen LogP) is -2.43. The molecule has 0 amide bonds. The summed E-state index contributed by atoms with van der Waals surface area (Å²) in [5.74, 6) is -1.10. The van der Waals surface area contributed by atoms with E-state index in [0.29, 0.717) is 32.1 Å². The highest BCUT2D eigenvalue weighted by Gasteiger charge is 2.64. The number of allylic oxidation sites excluding steroid dienone is 2. The van der Waals surface area contributed by atoms with Gasteiger partial charge in [0.2, 0.25) is 0 Å². The van der Waals surface area contributed by atoms with Crippen molar-refractivity contribution in [3.8, 4) is 0 Å². The zero-order chi connectivity index (χ0) is 63.2. The molecule has 496 valence electrons. The van der Waals surface area contributed by atoms with E-state index >= 15 is 0 Å². The van der Waals surface area contributed by atoms with E-state index in [-0.39, 0.29) is 54.6 Å². The molecule has 28 nitrogen and oxygen atoms in total. The minimum Gasteiger partial charge on any atom is -0.394 e. The average molecular weight is 1260 g/mol. The molecule has 4 aliphatic carbocycles. The van der Waals surface area contributed by atoms with Crippen molar-refractivity contribution in [2.24, 2.45) is 46.3 Å². The van der Waals surface area contributed by atoms with Crippen LogP contribution in [-0.2, 0) is 66.7 Å². The first-order valence-corrected chi connectivity index (χ1v) is 31.7. The van der Waals surface area contributed by atoms with Crippen molar-refractivity contribution in [2.45, 2.75) is 279 Å². The molecule has 0 aromatic rings. The molecule has 14 N–H and O–H groups in total. The summed E-state index contributed by atoms with van der Waals surface area (Å²) < 4.78 is 100. The fraction of sp³-hybridized carbons (Fsp3) is 0.947. The Morgan fingerprint density at radius 2 is 1.19 bits per heavy atom. The number of hydrogen-bond donors (Lipinski definition) is 14. The maximum atomic E-state index is 13.5. The summed E-state index contributed by atoms with van der Waals surface area (Å²) in [5, 5.41) is 145. The average Bonchev–Trinajstić information content (AvgIpc) is 1.47. The Labute approximate surface area is 500 Å². The van der Waals surface area contributed by atoms with Crippen molar-refractivity contribution in [2.75, 3.05) is 13.2 Å². The van der Waals surface area contributed by atoms with E-state index in [1.165, 1.54) is 20.8 Å². The first-order chi connectivity index (χ1) is 40.1. The number of carbonyl (C=O) groups is 1. The van der Waals surface area contributed by atoms with Crippen LogP contribution >= 0.6 is 0 Å². The molecule has 5 aliphatic heterocycles. The smallest absolute Gasteiger partial charge is 0.394 e. The molecule has 0 spiro atoms. The van der Waals surface area contributed by atoms with E-state index in [0.717, 1.165) is 5.57 Å². The molecular weight excluding hydrogens is 1160 g/mol. The maximum Gasteiger partial charge on any atom is 0.397 e. The molecule has 30 unspecified atom stereocenters. The van der Waals surface area contributed by atoms with Crippen molar-refractivity contribution < 1.29 is 136 Å². The van der Waals surface area contributed by atoms with Crippen LogP contribution in [0.1, 0.15) is 114 Å². The van der Waals surface area contributed by atoms with Crippen molar-refractivity contribution in [1.29, 1.82) is 0 Å². The molecule has 9 aliphatic rings. The lowest BCUT2D eigenvalue weighted by Crippen LogP contribution is -2.67. The Balaban J connectivity index is 0.983. The second-order valence-corrected chi connectivity index (χ2v) is 28.1. The van der Waals surface area contributed by atoms with Crippen LogP contribution in [0.5, 0.6) is 0 Å². The lowest BCUT2D eigenvalue weighted by atomic mass is 9.47. The second kappa shape index (κ2) is 26.4.